The van der Waals surface area contributed by atoms with E-state index in [0.29, 0.717) is 43.5 Å². The standard InChI is InChI=1S/C26H28N2O4S/c1-2-30-17-18-32-24-10-6-9-22(19-24)27-26(33)28-25(29)21-11-13-23(14-12-21)31-16-15-20-7-4-3-5-8-20/h3-14,19H,2,15-18H2,1H3,(H2,27,28,29,33). The molecule has 3 aromatic rings. The fourth-order valence-corrected chi connectivity index (χ4v) is 3.21. The van der Waals surface area contributed by atoms with Gasteiger partial charge in [0.05, 0.1) is 13.2 Å². The average Bonchev–Trinajstić information content (AvgIpc) is 2.83. The molecule has 0 spiro atoms. The lowest BCUT2D eigenvalue weighted by Crippen LogP contribution is -2.34. The molecule has 2 N–H and O–H groups in total. The molecule has 0 aliphatic heterocycles. The van der Waals surface area contributed by atoms with Crippen molar-refractivity contribution in [3.63, 3.8) is 0 Å². The summed E-state index contributed by atoms with van der Waals surface area (Å²) in [4.78, 5) is 12.5. The number of anilines is 1. The van der Waals surface area contributed by atoms with E-state index in [0.717, 1.165) is 12.1 Å². The first-order chi connectivity index (χ1) is 16.1. The molecule has 6 nitrogen and oxygen atoms in total. The van der Waals surface area contributed by atoms with Gasteiger partial charge in [-0.05, 0) is 61.1 Å². The van der Waals surface area contributed by atoms with E-state index in [4.69, 9.17) is 26.4 Å². The second-order valence-corrected chi connectivity index (χ2v) is 7.50. The highest BCUT2D eigenvalue weighted by Gasteiger charge is 2.09. The number of amides is 1. The van der Waals surface area contributed by atoms with Gasteiger partial charge < -0.3 is 19.5 Å². The average molecular weight is 465 g/mol. The van der Waals surface area contributed by atoms with Crippen molar-refractivity contribution in [2.24, 2.45) is 0 Å². The molecule has 3 rings (SSSR count). The summed E-state index contributed by atoms with van der Waals surface area (Å²) in [5.41, 5.74) is 2.43. The van der Waals surface area contributed by atoms with Gasteiger partial charge in [0.15, 0.2) is 5.11 Å². The van der Waals surface area contributed by atoms with Gasteiger partial charge in [0.1, 0.15) is 18.1 Å². The van der Waals surface area contributed by atoms with E-state index in [9.17, 15) is 4.79 Å². The summed E-state index contributed by atoms with van der Waals surface area (Å²) in [5, 5.41) is 5.89. The minimum atomic E-state index is -0.299. The lowest BCUT2D eigenvalue weighted by Gasteiger charge is -2.12. The highest BCUT2D eigenvalue weighted by molar-refractivity contribution is 7.80. The molecule has 7 heteroatoms. The molecule has 0 aliphatic rings. The molecule has 1 amide bonds. The van der Waals surface area contributed by atoms with Crippen LogP contribution in [0.4, 0.5) is 5.69 Å². The van der Waals surface area contributed by atoms with E-state index in [1.165, 1.54) is 5.56 Å². The Bertz CT molecular complexity index is 1030. The van der Waals surface area contributed by atoms with Crippen molar-refractivity contribution in [3.8, 4) is 11.5 Å². The Labute approximate surface area is 199 Å². The zero-order valence-electron chi connectivity index (χ0n) is 18.6. The predicted octanol–water partition coefficient (Wildman–Crippen LogP) is 4.85. The molecule has 0 aliphatic carbocycles. The number of carbonyl (C=O) groups excluding carboxylic acids is 1. The fourth-order valence-electron chi connectivity index (χ4n) is 3.00. The first-order valence-electron chi connectivity index (χ1n) is 10.8. The molecule has 0 atom stereocenters. The van der Waals surface area contributed by atoms with Gasteiger partial charge in [-0.15, -0.1) is 0 Å². The minimum Gasteiger partial charge on any atom is -0.493 e. The van der Waals surface area contributed by atoms with Crippen LogP contribution in [0.5, 0.6) is 11.5 Å². The van der Waals surface area contributed by atoms with Crippen LogP contribution in [0, 0.1) is 0 Å². The maximum atomic E-state index is 12.5. The zero-order valence-corrected chi connectivity index (χ0v) is 19.4. The molecule has 0 saturated heterocycles. The van der Waals surface area contributed by atoms with Crippen molar-refractivity contribution >= 4 is 28.9 Å². The Morgan fingerprint density at radius 1 is 0.848 bits per heavy atom. The molecule has 172 valence electrons. The first-order valence-corrected chi connectivity index (χ1v) is 11.2. The molecular weight excluding hydrogens is 436 g/mol. The van der Waals surface area contributed by atoms with E-state index in [1.54, 1.807) is 24.3 Å². The second kappa shape index (κ2) is 13.2. The van der Waals surface area contributed by atoms with Crippen LogP contribution in [-0.2, 0) is 11.2 Å². The van der Waals surface area contributed by atoms with Crippen LogP contribution >= 0.6 is 12.2 Å². The van der Waals surface area contributed by atoms with Crippen molar-refractivity contribution in [2.45, 2.75) is 13.3 Å². The van der Waals surface area contributed by atoms with E-state index < -0.39 is 0 Å². The summed E-state index contributed by atoms with van der Waals surface area (Å²) in [6, 6.07) is 24.5. The maximum Gasteiger partial charge on any atom is 0.257 e. The third kappa shape index (κ3) is 8.56. The van der Waals surface area contributed by atoms with Crippen molar-refractivity contribution < 1.29 is 19.0 Å². The number of ether oxygens (including phenoxy) is 3. The van der Waals surface area contributed by atoms with Crippen LogP contribution < -0.4 is 20.1 Å². The van der Waals surface area contributed by atoms with Crippen molar-refractivity contribution in [1.29, 1.82) is 0 Å². The molecule has 0 aromatic heterocycles. The van der Waals surface area contributed by atoms with Gasteiger partial charge in [0, 0.05) is 30.3 Å². The van der Waals surface area contributed by atoms with Crippen LogP contribution in [-0.4, -0.2) is 37.4 Å². The maximum absolute atomic E-state index is 12.5. The van der Waals surface area contributed by atoms with Gasteiger partial charge in [-0.25, -0.2) is 0 Å². The highest BCUT2D eigenvalue weighted by atomic mass is 32.1. The Hall–Kier alpha value is -3.42. The second-order valence-electron chi connectivity index (χ2n) is 7.09. The van der Waals surface area contributed by atoms with Gasteiger partial charge in [-0.1, -0.05) is 36.4 Å². The predicted molar refractivity (Wildman–Crippen MR) is 134 cm³/mol. The van der Waals surface area contributed by atoms with Crippen LogP contribution in [0.25, 0.3) is 0 Å². The SMILES string of the molecule is CCOCCOc1cccc(NC(=S)NC(=O)c2ccc(OCCc3ccccc3)cc2)c1. The van der Waals surface area contributed by atoms with E-state index in [-0.39, 0.29) is 11.0 Å². The molecular formula is C26H28N2O4S. The van der Waals surface area contributed by atoms with Crippen LogP contribution in [0.15, 0.2) is 78.9 Å². The Morgan fingerprint density at radius 2 is 1.61 bits per heavy atom. The van der Waals surface area contributed by atoms with Crippen LogP contribution in [0.2, 0.25) is 0 Å². The minimum absolute atomic E-state index is 0.203. The van der Waals surface area contributed by atoms with Crippen LogP contribution in [0.3, 0.4) is 0 Å². The third-order valence-corrected chi connectivity index (χ3v) is 4.84. The van der Waals surface area contributed by atoms with Crippen molar-refractivity contribution in [1.82, 2.24) is 5.32 Å². The fraction of sp³-hybridized carbons (Fsp3) is 0.231. The summed E-state index contributed by atoms with van der Waals surface area (Å²) in [6.07, 6.45) is 0.821. The topological polar surface area (TPSA) is 68.8 Å². The summed E-state index contributed by atoms with van der Waals surface area (Å²) >= 11 is 5.28. The van der Waals surface area contributed by atoms with Gasteiger partial charge in [-0.2, -0.15) is 0 Å². The lowest BCUT2D eigenvalue weighted by atomic mass is 10.2. The number of benzene rings is 3. The summed E-state index contributed by atoms with van der Waals surface area (Å²) in [5.74, 6) is 1.11. The molecule has 0 heterocycles. The van der Waals surface area contributed by atoms with Gasteiger partial charge in [0.25, 0.3) is 5.91 Å². The molecule has 33 heavy (non-hydrogen) atoms. The number of hydrogen-bond donors (Lipinski definition) is 2. The third-order valence-electron chi connectivity index (χ3n) is 4.64. The normalized spacial score (nSPS) is 10.3. The Morgan fingerprint density at radius 3 is 2.36 bits per heavy atom. The van der Waals surface area contributed by atoms with E-state index in [1.807, 2.05) is 49.4 Å². The quantitative estimate of drug-likeness (QED) is 0.312. The smallest absolute Gasteiger partial charge is 0.257 e. The largest absolute Gasteiger partial charge is 0.493 e. The number of nitrogens with one attached hydrogen (secondary N) is 2. The lowest BCUT2D eigenvalue weighted by molar-refractivity contribution is 0.0977. The van der Waals surface area contributed by atoms with E-state index in [2.05, 4.69) is 22.8 Å². The number of rotatable bonds is 11. The first kappa shape index (κ1) is 24.2. The molecule has 0 bridgehead atoms. The van der Waals surface area contributed by atoms with Crippen molar-refractivity contribution in [3.05, 3.63) is 90.0 Å². The summed E-state index contributed by atoms with van der Waals surface area (Å²) in [6.45, 7) is 4.15. The molecule has 0 saturated carbocycles. The molecule has 0 fully saturated rings. The van der Waals surface area contributed by atoms with Crippen molar-refractivity contribution in [2.75, 3.05) is 31.7 Å². The van der Waals surface area contributed by atoms with Gasteiger partial charge >= 0.3 is 0 Å². The van der Waals surface area contributed by atoms with E-state index >= 15 is 0 Å². The Kier molecular flexibility index (Phi) is 9.69. The zero-order chi connectivity index (χ0) is 23.3. The number of thiocarbonyl (C=S) groups is 1. The van der Waals surface area contributed by atoms with Gasteiger partial charge in [-0.3, -0.25) is 10.1 Å². The van der Waals surface area contributed by atoms with Crippen LogP contribution in [0.1, 0.15) is 22.8 Å². The van der Waals surface area contributed by atoms with Gasteiger partial charge in [0.2, 0.25) is 0 Å². The highest BCUT2D eigenvalue weighted by Crippen LogP contribution is 2.17. The summed E-state index contributed by atoms with van der Waals surface area (Å²) in [7, 11) is 0. The molecule has 0 radical (unpaired) electrons. The molecule has 0 unspecified atom stereocenters. The number of hydrogen-bond acceptors (Lipinski definition) is 5. The monoisotopic (exact) mass is 464 g/mol. The Balaban J connectivity index is 1.44. The number of carbonyl (C=O) groups is 1. The summed E-state index contributed by atoms with van der Waals surface area (Å²) < 4.78 is 16.7. The molecule has 3 aromatic carbocycles.